The molecule has 1 aliphatic carbocycles. The summed E-state index contributed by atoms with van der Waals surface area (Å²) in [5, 5.41) is 0. The molecule has 1 aromatic carbocycles. The summed E-state index contributed by atoms with van der Waals surface area (Å²) < 4.78 is 0. The van der Waals surface area contributed by atoms with E-state index in [1.165, 1.54) is 42.5 Å². The fourth-order valence-corrected chi connectivity index (χ4v) is 3.25. The van der Waals surface area contributed by atoms with E-state index in [-0.39, 0.29) is 5.41 Å². The molecule has 0 aromatic heterocycles. The predicted molar refractivity (Wildman–Crippen MR) is 79.3 cm³/mol. The second kappa shape index (κ2) is 5.31. The summed E-state index contributed by atoms with van der Waals surface area (Å²) in [6.45, 7) is 3.00. The highest BCUT2D eigenvalue weighted by molar-refractivity contribution is 5.58. The van der Waals surface area contributed by atoms with Gasteiger partial charge in [0.1, 0.15) is 0 Å². The Bertz CT molecular complexity index is 404. The molecule has 0 saturated heterocycles. The van der Waals surface area contributed by atoms with Crippen molar-refractivity contribution < 1.29 is 0 Å². The van der Waals surface area contributed by atoms with Gasteiger partial charge in [-0.1, -0.05) is 31.9 Å². The highest BCUT2D eigenvalue weighted by Gasteiger charge is 2.36. The zero-order valence-corrected chi connectivity index (χ0v) is 12.0. The van der Waals surface area contributed by atoms with Crippen molar-refractivity contribution in [2.24, 2.45) is 5.73 Å². The maximum Gasteiger partial charge on any atom is 0.0399 e. The molecule has 0 aliphatic heterocycles. The van der Waals surface area contributed by atoms with Crippen LogP contribution < -0.4 is 10.6 Å². The zero-order chi connectivity index (χ0) is 13.2. The summed E-state index contributed by atoms with van der Waals surface area (Å²) in [4.78, 5) is 2.23. The molecule has 0 atom stereocenters. The van der Waals surface area contributed by atoms with Gasteiger partial charge in [0.15, 0.2) is 0 Å². The van der Waals surface area contributed by atoms with Gasteiger partial charge in [-0.05, 0) is 36.5 Å². The Labute approximate surface area is 111 Å². The van der Waals surface area contributed by atoms with Crippen LogP contribution in [0.2, 0.25) is 0 Å². The van der Waals surface area contributed by atoms with Crippen molar-refractivity contribution in [2.75, 3.05) is 25.5 Å². The van der Waals surface area contributed by atoms with Gasteiger partial charge in [-0.2, -0.15) is 0 Å². The molecule has 0 amide bonds. The van der Waals surface area contributed by atoms with Crippen LogP contribution in [0.15, 0.2) is 18.2 Å². The Kier molecular flexibility index (Phi) is 3.96. The molecule has 100 valence electrons. The first-order chi connectivity index (χ1) is 8.63. The van der Waals surface area contributed by atoms with Gasteiger partial charge in [0, 0.05) is 31.7 Å². The molecular formula is C16H26N2. The summed E-state index contributed by atoms with van der Waals surface area (Å²) in [5.74, 6) is 0. The van der Waals surface area contributed by atoms with Crippen LogP contribution in [0, 0.1) is 0 Å². The van der Waals surface area contributed by atoms with Crippen LogP contribution in [-0.2, 0) is 11.8 Å². The van der Waals surface area contributed by atoms with E-state index in [4.69, 9.17) is 5.73 Å². The maximum absolute atomic E-state index is 6.14. The van der Waals surface area contributed by atoms with Crippen LogP contribution in [0.4, 0.5) is 5.69 Å². The summed E-state index contributed by atoms with van der Waals surface area (Å²) in [6, 6.07) is 6.91. The second-order valence-electron chi connectivity index (χ2n) is 5.79. The van der Waals surface area contributed by atoms with Crippen LogP contribution in [-0.4, -0.2) is 20.6 Å². The number of aryl methyl sites for hydroxylation is 1. The number of nitrogens with zero attached hydrogens (tertiary/aromatic N) is 1. The molecule has 2 N–H and O–H groups in total. The Morgan fingerprint density at radius 2 is 1.89 bits per heavy atom. The number of rotatable bonds is 4. The maximum atomic E-state index is 6.14. The van der Waals surface area contributed by atoms with Crippen molar-refractivity contribution in [3.05, 3.63) is 29.3 Å². The largest absolute Gasteiger partial charge is 0.377 e. The molecule has 0 bridgehead atoms. The van der Waals surface area contributed by atoms with Crippen LogP contribution in [0.5, 0.6) is 0 Å². The summed E-state index contributed by atoms with van der Waals surface area (Å²) in [5.41, 5.74) is 10.6. The predicted octanol–water partition coefficient (Wildman–Crippen LogP) is 3.09. The average Bonchev–Trinajstić information content (AvgIpc) is 2.87. The SMILES string of the molecule is CCc1ccc(N(C)C)c(C2(CN)CCCC2)c1. The lowest BCUT2D eigenvalue weighted by atomic mass is 9.77. The lowest BCUT2D eigenvalue weighted by Crippen LogP contribution is -2.33. The van der Waals surface area contributed by atoms with Gasteiger partial charge >= 0.3 is 0 Å². The summed E-state index contributed by atoms with van der Waals surface area (Å²) >= 11 is 0. The fraction of sp³-hybridized carbons (Fsp3) is 0.625. The molecule has 2 rings (SSSR count). The topological polar surface area (TPSA) is 29.3 Å². The highest BCUT2D eigenvalue weighted by Crippen LogP contribution is 2.44. The molecule has 18 heavy (non-hydrogen) atoms. The molecule has 0 radical (unpaired) electrons. The first-order valence-electron chi connectivity index (χ1n) is 7.14. The van der Waals surface area contributed by atoms with Crippen molar-refractivity contribution in [1.29, 1.82) is 0 Å². The van der Waals surface area contributed by atoms with Gasteiger partial charge in [0.05, 0.1) is 0 Å². The van der Waals surface area contributed by atoms with Crippen LogP contribution in [0.25, 0.3) is 0 Å². The van der Waals surface area contributed by atoms with Crippen molar-refractivity contribution in [1.82, 2.24) is 0 Å². The van der Waals surface area contributed by atoms with E-state index >= 15 is 0 Å². The standard InChI is InChI=1S/C16H26N2/c1-4-13-7-8-15(18(2)3)14(11-13)16(12-17)9-5-6-10-16/h7-8,11H,4-6,9-10,12,17H2,1-3H3. The lowest BCUT2D eigenvalue weighted by molar-refractivity contribution is 0.453. The van der Waals surface area contributed by atoms with Gasteiger partial charge in [-0.3, -0.25) is 0 Å². The number of hydrogen-bond acceptors (Lipinski definition) is 2. The summed E-state index contributed by atoms with van der Waals surface area (Å²) in [6.07, 6.45) is 6.23. The third kappa shape index (κ3) is 2.26. The molecule has 2 heteroatoms. The third-order valence-corrected chi connectivity index (χ3v) is 4.47. The van der Waals surface area contributed by atoms with Gasteiger partial charge in [-0.15, -0.1) is 0 Å². The number of nitrogens with two attached hydrogens (primary N) is 1. The molecule has 0 heterocycles. The molecule has 1 aliphatic rings. The van der Waals surface area contributed by atoms with Crippen molar-refractivity contribution in [3.8, 4) is 0 Å². The molecule has 0 unspecified atom stereocenters. The molecule has 1 aromatic rings. The molecule has 1 saturated carbocycles. The van der Waals surface area contributed by atoms with Gasteiger partial charge in [-0.25, -0.2) is 0 Å². The number of benzene rings is 1. The fourth-order valence-electron chi connectivity index (χ4n) is 3.25. The lowest BCUT2D eigenvalue weighted by Gasteiger charge is -2.32. The number of hydrogen-bond donors (Lipinski definition) is 1. The van der Waals surface area contributed by atoms with Crippen LogP contribution in [0.1, 0.15) is 43.7 Å². The highest BCUT2D eigenvalue weighted by atomic mass is 15.1. The Hall–Kier alpha value is -1.02. The number of anilines is 1. The van der Waals surface area contributed by atoms with Crippen molar-refractivity contribution in [2.45, 2.75) is 44.4 Å². The van der Waals surface area contributed by atoms with Crippen molar-refractivity contribution in [3.63, 3.8) is 0 Å². The minimum atomic E-state index is 0.227. The second-order valence-corrected chi connectivity index (χ2v) is 5.79. The summed E-state index contributed by atoms with van der Waals surface area (Å²) in [7, 11) is 4.26. The van der Waals surface area contributed by atoms with E-state index < -0.39 is 0 Å². The molecular weight excluding hydrogens is 220 g/mol. The van der Waals surface area contributed by atoms with E-state index in [1.807, 2.05) is 0 Å². The normalized spacial score (nSPS) is 18.0. The first kappa shape index (κ1) is 13.4. The van der Waals surface area contributed by atoms with E-state index in [0.717, 1.165) is 13.0 Å². The Morgan fingerprint density at radius 3 is 2.39 bits per heavy atom. The van der Waals surface area contributed by atoms with Crippen LogP contribution in [0.3, 0.4) is 0 Å². The van der Waals surface area contributed by atoms with Gasteiger partial charge in [0.2, 0.25) is 0 Å². The zero-order valence-electron chi connectivity index (χ0n) is 12.0. The third-order valence-electron chi connectivity index (χ3n) is 4.47. The molecule has 2 nitrogen and oxygen atoms in total. The minimum Gasteiger partial charge on any atom is -0.377 e. The van der Waals surface area contributed by atoms with Gasteiger partial charge < -0.3 is 10.6 Å². The van der Waals surface area contributed by atoms with E-state index in [0.29, 0.717) is 0 Å². The first-order valence-corrected chi connectivity index (χ1v) is 7.14. The minimum absolute atomic E-state index is 0.227. The molecule has 1 fully saturated rings. The van der Waals surface area contributed by atoms with Crippen LogP contribution >= 0.6 is 0 Å². The average molecular weight is 246 g/mol. The smallest absolute Gasteiger partial charge is 0.0399 e. The van der Waals surface area contributed by atoms with E-state index in [9.17, 15) is 0 Å². The Morgan fingerprint density at radius 1 is 1.22 bits per heavy atom. The van der Waals surface area contributed by atoms with Gasteiger partial charge in [0.25, 0.3) is 0 Å². The molecule has 0 spiro atoms. The van der Waals surface area contributed by atoms with E-state index in [2.05, 4.69) is 44.1 Å². The quantitative estimate of drug-likeness (QED) is 0.884. The van der Waals surface area contributed by atoms with E-state index in [1.54, 1.807) is 0 Å². The Balaban J connectivity index is 2.51. The monoisotopic (exact) mass is 246 g/mol. The van der Waals surface area contributed by atoms with Crippen molar-refractivity contribution >= 4 is 5.69 Å².